The molecule has 12 aromatic rings. The zero-order valence-electron chi connectivity index (χ0n) is 88.3. The number of aliphatic hydroxyl groups excluding tert-OH is 4. The molecular weight excluding hydrogens is 2470 g/mol. The number of aliphatic hydroxyl groups is 4. The molecule has 0 aliphatic heterocycles. The molecule has 0 bridgehead atoms. The number of nitrogens with zero attached hydrogens (tertiary/aromatic N) is 4. The van der Waals surface area contributed by atoms with Gasteiger partial charge in [0.15, 0.2) is 23.1 Å². The third-order valence-corrected chi connectivity index (χ3v) is 26.4. The second-order valence-corrected chi connectivity index (χ2v) is 40.4. The minimum atomic E-state index is -0.125. The Balaban J connectivity index is 0.000000292. The molecule has 4 N–H and O–H groups in total. The van der Waals surface area contributed by atoms with Gasteiger partial charge in [0.1, 0.15) is 0 Å². The van der Waals surface area contributed by atoms with Crippen LogP contribution >= 0.6 is 0 Å². The number of pyridine rings is 4. The molecule has 16 heteroatoms. The fourth-order valence-electron chi connectivity index (χ4n) is 19.4. The summed E-state index contributed by atoms with van der Waals surface area (Å²) in [4.78, 5) is 63.7. The minimum Gasteiger partial charge on any atom is -0.512 e. The Morgan fingerprint density at radius 1 is 0.345 bits per heavy atom. The molecule has 4 aliphatic carbocycles. The molecule has 0 atom stereocenters. The Labute approximate surface area is 905 Å². The van der Waals surface area contributed by atoms with Crippen LogP contribution in [0.25, 0.3) is 88.6 Å². The number of ketones is 4. The van der Waals surface area contributed by atoms with Gasteiger partial charge in [-0.3, -0.25) is 39.1 Å². The summed E-state index contributed by atoms with van der Waals surface area (Å²) >= 11 is 0. The van der Waals surface area contributed by atoms with E-state index in [0.29, 0.717) is 24.7 Å². The van der Waals surface area contributed by atoms with Gasteiger partial charge in [0.25, 0.3) is 0 Å². The predicted molar refractivity (Wildman–Crippen MR) is 578 cm³/mol. The van der Waals surface area contributed by atoms with Crippen LogP contribution in [0.1, 0.15) is 329 Å². The number of aromatic nitrogens is 4. The summed E-state index contributed by atoms with van der Waals surface area (Å²) in [5.74, 6) is 4.52. The normalized spacial score (nSPS) is 14.0. The van der Waals surface area contributed by atoms with Crippen LogP contribution in [0.2, 0.25) is 0 Å². The first-order valence-electron chi connectivity index (χ1n) is 51.2. The second kappa shape index (κ2) is 62.0. The molecule has 142 heavy (non-hydrogen) atoms. The monoisotopic (exact) mass is 2630 g/mol. The van der Waals surface area contributed by atoms with Crippen LogP contribution in [0.15, 0.2) is 217 Å². The first-order valence-corrected chi connectivity index (χ1v) is 51.2. The number of hydrogen-bond acceptors (Lipinski definition) is 12. The van der Waals surface area contributed by atoms with Gasteiger partial charge < -0.3 is 20.4 Å². The van der Waals surface area contributed by atoms with E-state index >= 15 is 0 Å². The van der Waals surface area contributed by atoms with Crippen molar-refractivity contribution >= 4 is 66.7 Å². The molecule has 4 aromatic heterocycles. The van der Waals surface area contributed by atoms with Crippen molar-refractivity contribution in [1.82, 2.24) is 19.9 Å². The molecule has 0 saturated heterocycles. The molecule has 0 amide bonds. The molecule has 4 aliphatic rings. The molecule has 16 rings (SSSR count). The summed E-state index contributed by atoms with van der Waals surface area (Å²) < 4.78 is 0. The summed E-state index contributed by atoms with van der Waals surface area (Å²) in [6.45, 7) is 43.1. The Morgan fingerprint density at radius 3 is 0.958 bits per heavy atom. The van der Waals surface area contributed by atoms with Gasteiger partial charge in [-0.25, -0.2) is 0 Å². The molecule has 0 spiro atoms. The van der Waals surface area contributed by atoms with Crippen molar-refractivity contribution in [2.24, 2.45) is 35.5 Å². The van der Waals surface area contributed by atoms with Crippen molar-refractivity contribution in [3.8, 4) is 45.0 Å². The van der Waals surface area contributed by atoms with Crippen molar-refractivity contribution in [3.05, 3.63) is 308 Å². The van der Waals surface area contributed by atoms with Crippen molar-refractivity contribution in [3.63, 3.8) is 0 Å². The summed E-state index contributed by atoms with van der Waals surface area (Å²) in [6.07, 6.45) is 31.4. The first kappa shape index (κ1) is 123. The Bertz CT molecular complexity index is 5660. The van der Waals surface area contributed by atoms with Crippen LogP contribution in [0, 0.1) is 115 Å². The summed E-state index contributed by atoms with van der Waals surface area (Å²) in [5, 5.41) is 41.9. The number of carbonyl (C=O) groups excluding carboxylic acids is 4. The number of fused-ring (bicyclic) bond motifs is 4. The van der Waals surface area contributed by atoms with Crippen LogP contribution in [-0.2, 0) is 99.6 Å². The van der Waals surface area contributed by atoms with Crippen LogP contribution in [0.4, 0.5) is 0 Å². The molecule has 4 fully saturated rings. The maximum absolute atomic E-state index is 11.7. The minimum absolute atomic E-state index is 0. The zero-order chi connectivity index (χ0) is 100. The maximum atomic E-state index is 11.7. The second-order valence-electron chi connectivity index (χ2n) is 40.4. The van der Waals surface area contributed by atoms with Crippen molar-refractivity contribution in [2.75, 3.05) is 0 Å². The maximum Gasteiger partial charge on any atom is 0.162 e. The van der Waals surface area contributed by atoms with E-state index in [0.717, 1.165) is 116 Å². The number of carbonyl (C=O) groups is 4. The van der Waals surface area contributed by atoms with E-state index in [4.69, 9.17) is 25.0 Å². The number of allylic oxidation sites excluding steroid dienone is 8. The van der Waals surface area contributed by atoms with E-state index < -0.39 is 0 Å². The summed E-state index contributed by atoms with van der Waals surface area (Å²) in [7, 11) is 0. The van der Waals surface area contributed by atoms with E-state index in [-0.39, 0.29) is 150 Å². The van der Waals surface area contributed by atoms with Crippen molar-refractivity contribution in [1.29, 1.82) is 0 Å². The van der Waals surface area contributed by atoms with E-state index in [9.17, 15) is 34.5 Å². The molecule has 4 radical (unpaired) electrons. The smallest absolute Gasteiger partial charge is 0.162 e. The molecule has 4 heterocycles. The number of benzene rings is 8. The molecule has 768 valence electrons. The van der Waals surface area contributed by atoms with Crippen LogP contribution in [0.3, 0.4) is 0 Å². The zero-order valence-corrected chi connectivity index (χ0v) is 97.9. The molecule has 0 unspecified atom stereocenters. The topological polar surface area (TPSA) is 201 Å². The largest absolute Gasteiger partial charge is 0.512 e. The van der Waals surface area contributed by atoms with Gasteiger partial charge in [-0.05, 0) is 201 Å². The van der Waals surface area contributed by atoms with Crippen LogP contribution in [-0.4, -0.2) is 63.5 Å². The number of aryl methyl sites for hydroxylation is 8. The summed E-state index contributed by atoms with van der Waals surface area (Å²) in [5.41, 5.74) is 28.6. The van der Waals surface area contributed by atoms with Gasteiger partial charge >= 0.3 is 0 Å². The molecular formula is C126H156Ir4N4O8-4. The number of hydrogen-bond donors (Lipinski definition) is 4. The standard InChI is InChI=1S/4C22H22N.C13H24O2.C11H20O2.C9H16O2.C5H8O2.4Ir/c3*1-15-12-16(2)14-18(13-15)21-11-10-20-19(17-6-3-4-7-17)8-5-9-22(20)23-21;1-15-11-16(2)13-20(12-15)21-10-9-18-7-8-19(14-22(18)23-21)17-5-3-4-6-17;1-5-10(6-2)12(14)9-13(15)11(7-3)8-4;1-8(2)5-10(12)7-11(13)6-9(3)4;1-6(2)8(10)5-9(11)7(3)4;1-4(6)3-5(2)7;;;;/h3*5,8-13,17H,3-4,6-7H2,1-2H3;7-12,14,17H,3-6H2,1-2H3;9-11,14H,5-8H2,1-4H3;7-9,12H,5-6H2,1-4H3;5-7,10H,1-4H3;3,6H,1-2H3;;;;/q4*-1;;;;;;;;. The average Bonchev–Trinajstić information content (AvgIpc) is 1.29. The molecule has 12 nitrogen and oxygen atoms in total. The Hall–Kier alpha value is -9.16. The Morgan fingerprint density at radius 2 is 0.662 bits per heavy atom. The van der Waals surface area contributed by atoms with Crippen molar-refractivity contribution < 1.29 is 120 Å². The van der Waals surface area contributed by atoms with E-state index in [1.807, 2.05) is 83.1 Å². The van der Waals surface area contributed by atoms with E-state index in [1.54, 1.807) is 0 Å². The van der Waals surface area contributed by atoms with E-state index in [2.05, 4.69) is 250 Å². The van der Waals surface area contributed by atoms with E-state index in [1.165, 1.54) is 229 Å². The fraction of sp³-hybridized carbons (Fsp3) is 0.429. The van der Waals surface area contributed by atoms with Gasteiger partial charge in [0.05, 0.1) is 45.1 Å². The number of rotatable bonds is 24. The van der Waals surface area contributed by atoms with Crippen LogP contribution in [0.5, 0.6) is 0 Å². The van der Waals surface area contributed by atoms with Gasteiger partial charge in [0, 0.05) is 157 Å². The van der Waals surface area contributed by atoms with Gasteiger partial charge in [-0.2, -0.15) is 0 Å². The average molecular weight is 2620 g/mol. The summed E-state index contributed by atoms with van der Waals surface area (Å²) in [6, 6.07) is 75.2. The Kier molecular flexibility index (Phi) is 53.8. The molecule has 4 saturated carbocycles. The SMILES string of the molecule is CC(=O)C=C(C)O.CC(C)C(=O)C=C(O)C(C)C.CC(C)CC(=O)C=C(O)CC(C)C.CCC(CC)C(=O)C=C(O)C(CC)CC.Cc1[c-]c(-c2ccc3c(C4CCCC4)cccc3n2)cc(C)c1.Cc1[c-]c(-c2ccc3c(C4CCCC4)cccc3n2)cc(C)c1.Cc1[c-]c(-c2ccc3c(C4CCCC4)cccc3n2)cc(C)c1.Cc1[c-]c(-c2ccc3ccc(C4CCCC4)cc3n2)cc(C)c1.[Ir].[Ir].[Ir].[Ir]. The third-order valence-electron chi connectivity index (χ3n) is 26.4. The van der Waals surface area contributed by atoms with Crippen LogP contribution < -0.4 is 0 Å². The first-order chi connectivity index (χ1) is 65.9. The van der Waals surface area contributed by atoms with Gasteiger partial charge in [-0.1, -0.05) is 287 Å². The fourth-order valence-corrected chi connectivity index (χ4v) is 19.4. The predicted octanol–water partition coefficient (Wildman–Crippen LogP) is 34.2. The molecule has 8 aromatic carbocycles. The van der Waals surface area contributed by atoms with Gasteiger partial charge in [-0.15, -0.1) is 140 Å². The van der Waals surface area contributed by atoms with Crippen molar-refractivity contribution in [2.45, 2.75) is 317 Å². The van der Waals surface area contributed by atoms with Gasteiger partial charge in [0.2, 0.25) is 0 Å². The quantitative estimate of drug-likeness (QED) is 0.0254. The third kappa shape index (κ3) is 39.0.